The summed E-state index contributed by atoms with van der Waals surface area (Å²) in [6.45, 7) is 4.61. The maximum absolute atomic E-state index is 12.1. The standard InChI is InChI=1S/C18H20ClN3O2/c1-11(23)15-10-16(19)14-4-3-7-20-17(14)18(15)22-8-5-13(6-9-22)21-12(2)24/h3-4,7,10,13H,5-6,8-9H2,1-2H3,(H,21,24). The van der Waals surface area contributed by atoms with Crippen molar-refractivity contribution in [3.05, 3.63) is 35.0 Å². The van der Waals surface area contributed by atoms with Gasteiger partial charge in [-0.15, -0.1) is 0 Å². The molecule has 1 aromatic carbocycles. The first-order valence-electron chi connectivity index (χ1n) is 8.07. The maximum Gasteiger partial charge on any atom is 0.217 e. The molecule has 3 rings (SSSR count). The number of hydrogen-bond acceptors (Lipinski definition) is 4. The van der Waals surface area contributed by atoms with Gasteiger partial charge in [0.05, 0.1) is 16.2 Å². The Hall–Kier alpha value is -2.14. The number of carbonyl (C=O) groups is 2. The third kappa shape index (κ3) is 3.22. The van der Waals surface area contributed by atoms with Crippen molar-refractivity contribution in [1.82, 2.24) is 10.3 Å². The SMILES string of the molecule is CC(=O)NC1CCN(c2c(C(C)=O)cc(Cl)c3cccnc23)CC1. The predicted octanol–water partition coefficient (Wildman–Crippen LogP) is 3.20. The first kappa shape index (κ1) is 16.7. The summed E-state index contributed by atoms with van der Waals surface area (Å²) in [5.74, 6) is -0.0279. The molecule has 2 aromatic rings. The lowest BCUT2D eigenvalue weighted by molar-refractivity contribution is -0.119. The van der Waals surface area contributed by atoms with Crippen LogP contribution in [0.2, 0.25) is 5.02 Å². The van der Waals surface area contributed by atoms with E-state index in [1.165, 1.54) is 6.92 Å². The molecule has 6 heteroatoms. The second-order valence-corrected chi connectivity index (χ2v) is 6.58. The van der Waals surface area contributed by atoms with Gasteiger partial charge in [0.2, 0.25) is 5.91 Å². The Labute approximate surface area is 146 Å². The zero-order chi connectivity index (χ0) is 17.3. The summed E-state index contributed by atoms with van der Waals surface area (Å²) in [5.41, 5.74) is 2.21. The number of Topliss-reactive ketones (excluding diaryl/α,β-unsaturated/α-hetero) is 1. The number of hydrogen-bond donors (Lipinski definition) is 1. The number of nitrogens with zero attached hydrogens (tertiary/aromatic N) is 2. The molecule has 126 valence electrons. The van der Waals surface area contributed by atoms with E-state index in [1.54, 1.807) is 19.2 Å². The van der Waals surface area contributed by atoms with E-state index in [1.807, 2.05) is 12.1 Å². The summed E-state index contributed by atoms with van der Waals surface area (Å²) in [7, 11) is 0. The van der Waals surface area contributed by atoms with Crippen molar-refractivity contribution in [2.45, 2.75) is 32.7 Å². The Kier molecular flexibility index (Phi) is 4.71. The molecular formula is C18H20ClN3O2. The molecule has 0 unspecified atom stereocenters. The van der Waals surface area contributed by atoms with Crippen molar-refractivity contribution in [3.63, 3.8) is 0 Å². The van der Waals surface area contributed by atoms with E-state index >= 15 is 0 Å². The maximum atomic E-state index is 12.1. The topological polar surface area (TPSA) is 62.3 Å². The van der Waals surface area contributed by atoms with Crippen LogP contribution in [0.5, 0.6) is 0 Å². The number of amides is 1. The Morgan fingerprint density at radius 1 is 1.29 bits per heavy atom. The van der Waals surface area contributed by atoms with Crippen LogP contribution in [-0.4, -0.2) is 35.8 Å². The summed E-state index contributed by atoms with van der Waals surface area (Å²) in [6, 6.07) is 5.69. The number of nitrogens with one attached hydrogen (secondary N) is 1. The minimum absolute atomic E-state index is 0.00326. The van der Waals surface area contributed by atoms with Gasteiger partial charge in [0.25, 0.3) is 0 Å². The molecule has 0 aliphatic carbocycles. The zero-order valence-electron chi connectivity index (χ0n) is 13.8. The number of benzene rings is 1. The fourth-order valence-electron chi connectivity index (χ4n) is 3.31. The molecule has 0 spiro atoms. The molecule has 0 saturated carbocycles. The quantitative estimate of drug-likeness (QED) is 0.868. The number of ketones is 1. The number of aromatic nitrogens is 1. The lowest BCUT2D eigenvalue weighted by Crippen LogP contribution is -2.44. The van der Waals surface area contributed by atoms with Gasteiger partial charge in [-0.25, -0.2) is 0 Å². The third-order valence-electron chi connectivity index (χ3n) is 4.41. The molecule has 1 fully saturated rings. The van der Waals surface area contributed by atoms with Crippen molar-refractivity contribution in [1.29, 1.82) is 0 Å². The molecule has 2 heterocycles. The molecule has 1 N–H and O–H groups in total. The summed E-state index contributed by atoms with van der Waals surface area (Å²) in [4.78, 5) is 30.0. The number of carbonyl (C=O) groups excluding carboxylic acids is 2. The van der Waals surface area contributed by atoms with Crippen LogP contribution in [0.15, 0.2) is 24.4 Å². The highest BCUT2D eigenvalue weighted by molar-refractivity contribution is 6.36. The molecule has 1 amide bonds. The molecule has 1 aliphatic rings. The minimum Gasteiger partial charge on any atom is -0.369 e. The number of piperidine rings is 1. The Morgan fingerprint density at radius 3 is 2.62 bits per heavy atom. The van der Waals surface area contributed by atoms with E-state index in [9.17, 15) is 9.59 Å². The van der Waals surface area contributed by atoms with Crippen LogP contribution < -0.4 is 10.2 Å². The van der Waals surface area contributed by atoms with Crippen LogP contribution in [0.3, 0.4) is 0 Å². The first-order valence-corrected chi connectivity index (χ1v) is 8.45. The highest BCUT2D eigenvalue weighted by Gasteiger charge is 2.25. The molecule has 0 bridgehead atoms. The van der Waals surface area contributed by atoms with Crippen molar-refractivity contribution < 1.29 is 9.59 Å². The van der Waals surface area contributed by atoms with Crippen LogP contribution in [0, 0.1) is 0 Å². The second-order valence-electron chi connectivity index (χ2n) is 6.17. The van der Waals surface area contributed by atoms with Crippen molar-refractivity contribution in [2.24, 2.45) is 0 Å². The van der Waals surface area contributed by atoms with Gasteiger partial charge in [-0.1, -0.05) is 11.6 Å². The molecular weight excluding hydrogens is 326 g/mol. The van der Waals surface area contributed by atoms with Crippen LogP contribution in [0.4, 0.5) is 5.69 Å². The molecule has 1 saturated heterocycles. The van der Waals surface area contributed by atoms with Crippen LogP contribution in [0.1, 0.15) is 37.0 Å². The number of rotatable bonds is 3. The Balaban J connectivity index is 2.00. The van der Waals surface area contributed by atoms with E-state index < -0.39 is 0 Å². The summed E-state index contributed by atoms with van der Waals surface area (Å²) >= 11 is 6.34. The Bertz CT molecular complexity index is 798. The number of halogens is 1. The lowest BCUT2D eigenvalue weighted by Gasteiger charge is -2.35. The monoisotopic (exact) mass is 345 g/mol. The highest BCUT2D eigenvalue weighted by Crippen LogP contribution is 2.36. The molecule has 24 heavy (non-hydrogen) atoms. The smallest absolute Gasteiger partial charge is 0.217 e. The van der Waals surface area contributed by atoms with E-state index in [-0.39, 0.29) is 17.7 Å². The number of fused-ring (bicyclic) bond motifs is 1. The second kappa shape index (κ2) is 6.77. The van der Waals surface area contributed by atoms with Gasteiger partial charge in [0.15, 0.2) is 5.78 Å². The third-order valence-corrected chi connectivity index (χ3v) is 4.73. The van der Waals surface area contributed by atoms with Gasteiger partial charge in [0, 0.05) is 43.2 Å². The van der Waals surface area contributed by atoms with Gasteiger partial charge in [0.1, 0.15) is 0 Å². The zero-order valence-corrected chi connectivity index (χ0v) is 14.6. The van der Waals surface area contributed by atoms with Crippen molar-refractivity contribution in [2.75, 3.05) is 18.0 Å². The van der Waals surface area contributed by atoms with Crippen molar-refractivity contribution >= 4 is 39.9 Å². The van der Waals surface area contributed by atoms with Gasteiger partial charge >= 0.3 is 0 Å². The minimum atomic E-state index is -0.0246. The number of anilines is 1. The van der Waals surface area contributed by atoms with E-state index in [4.69, 9.17) is 11.6 Å². The molecule has 0 atom stereocenters. The van der Waals surface area contributed by atoms with Gasteiger partial charge in [-0.05, 0) is 38.0 Å². The molecule has 1 aliphatic heterocycles. The summed E-state index contributed by atoms with van der Waals surface area (Å²) in [6.07, 6.45) is 3.40. The van der Waals surface area contributed by atoms with E-state index in [2.05, 4.69) is 15.2 Å². The van der Waals surface area contributed by atoms with Crippen LogP contribution in [-0.2, 0) is 4.79 Å². The predicted molar refractivity (Wildman–Crippen MR) is 95.8 cm³/mol. The largest absolute Gasteiger partial charge is 0.369 e. The van der Waals surface area contributed by atoms with E-state index in [0.717, 1.165) is 42.5 Å². The molecule has 5 nitrogen and oxygen atoms in total. The summed E-state index contributed by atoms with van der Waals surface area (Å²) < 4.78 is 0. The number of pyridine rings is 1. The van der Waals surface area contributed by atoms with Gasteiger partial charge < -0.3 is 10.2 Å². The average molecular weight is 346 g/mol. The van der Waals surface area contributed by atoms with Crippen LogP contribution in [0.25, 0.3) is 10.9 Å². The summed E-state index contributed by atoms with van der Waals surface area (Å²) in [5, 5.41) is 4.36. The first-order chi connectivity index (χ1) is 11.5. The fourth-order valence-corrected chi connectivity index (χ4v) is 3.57. The molecule has 0 radical (unpaired) electrons. The lowest BCUT2D eigenvalue weighted by atomic mass is 9.99. The Morgan fingerprint density at radius 2 is 2.00 bits per heavy atom. The molecule has 1 aromatic heterocycles. The normalized spacial score (nSPS) is 15.5. The fraction of sp³-hybridized carbons (Fsp3) is 0.389. The van der Waals surface area contributed by atoms with Gasteiger partial charge in [-0.2, -0.15) is 0 Å². The van der Waals surface area contributed by atoms with Crippen LogP contribution >= 0.6 is 11.6 Å². The average Bonchev–Trinajstić information content (AvgIpc) is 2.55. The highest BCUT2D eigenvalue weighted by atomic mass is 35.5. The van der Waals surface area contributed by atoms with Crippen molar-refractivity contribution in [3.8, 4) is 0 Å². The van der Waals surface area contributed by atoms with E-state index in [0.29, 0.717) is 10.6 Å². The van der Waals surface area contributed by atoms with Gasteiger partial charge in [-0.3, -0.25) is 14.6 Å².